The number of phenols is 1. The van der Waals surface area contributed by atoms with E-state index >= 15 is 0 Å². The van der Waals surface area contributed by atoms with Gasteiger partial charge in [0.1, 0.15) is 11.4 Å². The highest BCUT2D eigenvalue weighted by Crippen LogP contribution is 2.46. The minimum absolute atomic E-state index is 0.0643. The van der Waals surface area contributed by atoms with Crippen molar-refractivity contribution < 1.29 is 14.7 Å². The maximum Gasteiger partial charge on any atom is 0.257 e. The first-order chi connectivity index (χ1) is 15.6. The molecule has 1 N–H and O–H groups in total. The van der Waals surface area contributed by atoms with Crippen LogP contribution in [0.3, 0.4) is 0 Å². The number of phenolic OH excluding ortho intramolecular Hbond substituents is 1. The number of carbonyl (C=O) groups is 2. The van der Waals surface area contributed by atoms with Crippen molar-refractivity contribution in [2.75, 3.05) is 13.1 Å². The lowest BCUT2D eigenvalue weighted by atomic mass is 9.68. The molecule has 2 heterocycles. The summed E-state index contributed by atoms with van der Waals surface area (Å²) in [6.07, 6.45) is 2.96. The summed E-state index contributed by atoms with van der Waals surface area (Å²) in [5.41, 5.74) is 1.61. The van der Waals surface area contributed by atoms with Crippen molar-refractivity contribution >= 4 is 33.8 Å². The number of rotatable bonds is 1. The molecule has 0 saturated carbocycles. The fourth-order valence-electron chi connectivity index (χ4n) is 5.23. The summed E-state index contributed by atoms with van der Waals surface area (Å²) in [4.78, 5) is 34.0. The van der Waals surface area contributed by atoms with E-state index in [1.807, 2.05) is 36.1 Å². The Morgan fingerprint density at radius 3 is 2.55 bits per heavy atom. The molecule has 33 heavy (non-hydrogen) atoms. The van der Waals surface area contributed by atoms with E-state index in [9.17, 15) is 14.7 Å². The molecular formula is C27H30N2O3S. The van der Waals surface area contributed by atoms with E-state index in [1.165, 1.54) is 0 Å². The number of benzene rings is 2. The van der Waals surface area contributed by atoms with Crippen LogP contribution in [0.5, 0.6) is 5.75 Å². The smallest absolute Gasteiger partial charge is 0.257 e. The van der Waals surface area contributed by atoms with Gasteiger partial charge in [-0.05, 0) is 54.0 Å². The molecule has 172 valence electrons. The minimum Gasteiger partial charge on any atom is -0.507 e. The topological polar surface area (TPSA) is 70.5 Å². The molecule has 0 radical (unpaired) electrons. The fraction of sp³-hybridized carbons (Fsp3) is 0.444. The fourth-order valence-corrected chi connectivity index (χ4v) is 6.54. The van der Waals surface area contributed by atoms with Gasteiger partial charge < -0.3 is 10.0 Å². The van der Waals surface area contributed by atoms with Gasteiger partial charge in [-0.15, -0.1) is 11.3 Å². The SMILES string of the molecule is Cc1c(O)c(C(=O)N2CCC3(CC2)CC(=O)c2nc(C(C)(C)C)sc2C3)cc2ccccc12. The average Bonchev–Trinajstić information content (AvgIpc) is 3.21. The van der Waals surface area contributed by atoms with Gasteiger partial charge in [0.2, 0.25) is 0 Å². The molecule has 1 fully saturated rings. The highest BCUT2D eigenvalue weighted by Gasteiger charge is 2.44. The Kier molecular flexibility index (Phi) is 5.12. The normalized spacial score (nSPS) is 18.1. The van der Waals surface area contributed by atoms with Gasteiger partial charge in [0.25, 0.3) is 5.91 Å². The van der Waals surface area contributed by atoms with Crippen molar-refractivity contribution in [3.8, 4) is 5.75 Å². The lowest BCUT2D eigenvalue weighted by Gasteiger charge is -2.43. The number of aryl methyl sites for hydroxylation is 1. The lowest BCUT2D eigenvalue weighted by Crippen LogP contribution is -2.46. The maximum atomic E-state index is 13.4. The molecule has 0 atom stereocenters. The van der Waals surface area contributed by atoms with Crippen LogP contribution in [0.15, 0.2) is 30.3 Å². The van der Waals surface area contributed by atoms with Crippen molar-refractivity contribution in [1.82, 2.24) is 9.88 Å². The molecule has 1 aromatic heterocycles. The predicted octanol–water partition coefficient (Wildman–Crippen LogP) is 5.66. The van der Waals surface area contributed by atoms with Crippen LogP contribution in [-0.4, -0.2) is 39.8 Å². The molecule has 1 amide bonds. The van der Waals surface area contributed by atoms with Crippen molar-refractivity contribution in [3.63, 3.8) is 0 Å². The minimum atomic E-state index is -0.133. The zero-order chi connectivity index (χ0) is 23.5. The number of carbonyl (C=O) groups excluding carboxylic acids is 2. The molecule has 5 nitrogen and oxygen atoms in total. The number of fused-ring (bicyclic) bond motifs is 2. The van der Waals surface area contributed by atoms with E-state index in [0.717, 1.165) is 45.5 Å². The van der Waals surface area contributed by atoms with Crippen LogP contribution in [0.25, 0.3) is 10.8 Å². The van der Waals surface area contributed by atoms with Crippen LogP contribution >= 0.6 is 11.3 Å². The molecule has 1 spiro atoms. The highest BCUT2D eigenvalue weighted by molar-refractivity contribution is 7.12. The Morgan fingerprint density at radius 1 is 1.15 bits per heavy atom. The van der Waals surface area contributed by atoms with E-state index in [-0.39, 0.29) is 28.3 Å². The number of hydrogen-bond donors (Lipinski definition) is 1. The van der Waals surface area contributed by atoms with Crippen LogP contribution < -0.4 is 0 Å². The van der Waals surface area contributed by atoms with Gasteiger partial charge >= 0.3 is 0 Å². The highest BCUT2D eigenvalue weighted by atomic mass is 32.1. The summed E-state index contributed by atoms with van der Waals surface area (Å²) in [6.45, 7) is 9.43. The van der Waals surface area contributed by atoms with Crippen LogP contribution in [0, 0.1) is 12.3 Å². The molecule has 6 heteroatoms. The van der Waals surface area contributed by atoms with E-state index in [1.54, 1.807) is 17.4 Å². The van der Waals surface area contributed by atoms with Crippen molar-refractivity contribution in [2.45, 2.75) is 58.8 Å². The number of ketones is 1. The van der Waals surface area contributed by atoms with E-state index < -0.39 is 0 Å². The lowest BCUT2D eigenvalue weighted by molar-refractivity contribution is 0.0520. The second-order valence-electron chi connectivity index (χ2n) is 10.7. The van der Waals surface area contributed by atoms with Gasteiger partial charge in [-0.1, -0.05) is 45.0 Å². The number of aromatic hydroxyl groups is 1. The molecule has 1 aliphatic carbocycles. The Hall–Kier alpha value is -2.73. The Morgan fingerprint density at radius 2 is 1.85 bits per heavy atom. The molecule has 1 saturated heterocycles. The van der Waals surface area contributed by atoms with E-state index in [0.29, 0.717) is 30.8 Å². The number of hydrogen-bond acceptors (Lipinski definition) is 5. The second kappa shape index (κ2) is 7.66. The zero-order valence-corrected chi connectivity index (χ0v) is 20.5. The maximum absolute atomic E-state index is 13.4. The third-order valence-electron chi connectivity index (χ3n) is 7.29. The summed E-state index contributed by atoms with van der Waals surface area (Å²) < 4.78 is 0. The number of Topliss-reactive ketones (excluding diaryl/α,β-unsaturated/α-hetero) is 1. The van der Waals surface area contributed by atoms with Gasteiger partial charge in [-0.3, -0.25) is 9.59 Å². The Balaban J connectivity index is 1.36. The van der Waals surface area contributed by atoms with Gasteiger partial charge in [-0.25, -0.2) is 4.98 Å². The first-order valence-electron chi connectivity index (χ1n) is 11.6. The van der Waals surface area contributed by atoms with Crippen molar-refractivity contribution in [2.24, 2.45) is 5.41 Å². The third-order valence-corrected chi connectivity index (χ3v) is 8.77. The second-order valence-corrected chi connectivity index (χ2v) is 11.8. The van der Waals surface area contributed by atoms with Crippen LogP contribution in [0.4, 0.5) is 0 Å². The van der Waals surface area contributed by atoms with Crippen LogP contribution in [0.1, 0.15) is 76.3 Å². The number of amides is 1. The molecule has 0 bridgehead atoms. The first kappa shape index (κ1) is 22.1. The van der Waals surface area contributed by atoms with Crippen molar-refractivity contribution in [3.05, 3.63) is 57.0 Å². The molecule has 2 aromatic carbocycles. The Bertz CT molecular complexity index is 1280. The van der Waals surface area contributed by atoms with Gasteiger partial charge in [-0.2, -0.15) is 0 Å². The molecular weight excluding hydrogens is 432 g/mol. The van der Waals surface area contributed by atoms with Crippen LogP contribution in [0.2, 0.25) is 0 Å². The van der Waals surface area contributed by atoms with Crippen LogP contribution in [-0.2, 0) is 11.8 Å². The summed E-state index contributed by atoms with van der Waals surface area (Å²) in [5.74, 6) is 0.0771. The quantitative estimate of drug-likeness (QED) is 0.507. The van der Waals surface area contributed by atoms with Gasteiger partial charge in [0.05, 0.1) is 10.6 Å². The zero-order valence-electron chi connectivity index (χ0n) is 19.7. The number of aromatic nitrogens is 1. The molecule has 3 aromatic rings. The molecule has 1 aliphatic heterocycles. The summed E-state index contributed by atoms with van der Waals surface area (Å²) in [7, 11) is 0. The molecule has 0 unspecified atom stereocenters. The third kappa shape index (κ3) is 3.74. The number of nitrogens with zero attached hydrogens (tertiary/aromatic N) is 2. The molecule has 5 rings (SSSR count). The Labute approximate surface area is 198 Å². The first-order valence-corrected chi connectivity index (χ1v) is 12.4. The number of piperidine rings is 1. The predicted molar refractivity (Wildman–Crippen MR) is 131 cm³/mol. The number of thiazole rings is 1. The summed E-state index contributed by atoms with van der Waals surface area (Å²) in [5, 5.41) is 13.7. The summed E-state index contributed by atoms with van der Waals surface area (Å²) in [6, 6.07) is 9.60. The average molecular weight is 463 g/mol. The number of likely N-dealkylation sites (tertiary alicyclic amines) is 1. The van der Waals surface area contributed by atoms with E-state index in [4.69, 9.17) is 0 Å². The van der Waals surface area contributed by atoms with Gasteiger partial charge in [0, 0.05) is 29.8 Å². The summed E-state index contributed by atoms with van der Waals surface area (Å²) >= 11 is 1.68. The monoisotopic (exact) mass is 462 g/mol. The van der Waals surface area contributed by atoms with Crippen molar-refractivity contribution in [1.29, 1.82) is 0 Å². The van der Waals surface area contributed by atoms with Gasteiger partial charge in [0.15, 0.2) is 5.78 Å². The van der Waals surface area contributed by atoms with E-state index in [2.05, 4.69) is 25.8 Å². The molecule has 2 aliphatic rings. The standard InChI is InChI=1S/C27H30N2O3S/c1-16-18-8-6-5-7-17(18)13-19(23(16)31)24(32)29-11-9-27(10-12-29)14-20(30)22-21(15-27)33-25(28-22)26(2,3)4/h5-8,13,31H,9-12,14-15H2,1-4H3. The largest absolute Gasteiger partial charge is 0.507 e.